The molecule has 72 valence electrons. The molecule has 0 unspecified atom stereocenters. The molecule has 1 rings (SSSR count). The Balaban J connectivity index is 2.67. The third kappa shape index (κ3) is 2.99. The molecule has 13 heavy (non-hydrogen) atoms. The van der Waals surface area contributed by atoms with Gasteiger partial charge in [0.15, 0.2) is 11.6 Å². The zero-order valence-corrected chi connectivity index (χ0v) is 7.26. The molecule has 1 atom stereocenters. The lowest BCUT2D eigenvalue weighted by Crippen LogP contribution is -2.23. The van der Waals surface area contributed by atoms with Gasteiger partial charge < -0.3 is 10.5 Å². The van der Waals surface area contributed by atoms with E-state index >= 15 is 0 Å². The van der Waals surface area contributed by atoms with E-state index in [-0.39, 0.29) is 18.4 Å². The van der Waals surface area contributed by atoms with Crippen molar-refractivity contribution in [2.24, 2.45) is 5.73 Å². The molecule has 1 aromatic carbocycles. The van der Waals surface area contributed by atoms with Crippen LogP contribution in [0.1, 0.15) is 6.92 Å². The van der Waals surface area contributed by atoms with E-state index in [1.165, 1.54) is 6.07 Å². The molecule has 0 aliphatic heterocycles. The summed E-state index contributed by atoms with van der Waals surface area (Å²) in [5.41, 5.74) is 5.40. The molecule has 2 N–H and O–H groups in total. The van der Waals surface area contributed by atoms with Gasteiger partial charge in [-0.2, -0.15) is 0 Å². The van der Waals surface area contributed by atoms with Crippen molar-refractivity contribution in [1.29, 1.82) is 0 Å². The molecule has 0 fully saturated rings. The summed E-state index contributed by atoms with van der Waals surface area (Å²) in [6.07, 6.45) is 0. The summed E-state index contributed by atoms with van der Waals surface area (Å²) in [6, 6.07) is 2.98. The molecule has 2 nitrogen and oxygen atoms in total. The Bertz CT molecular complexity index is 289. The number of benzene rings is 1. The van der Waals surface area contributed by atoms with Gasteiger partial charge >= 0.3 is 0 Å². The first kappa shape index (κ1) is 9.92. The summed E-state index contributed by atoms with van der Waals surface area (Å²) in [7, 11) is 0. The standard InChI is InChI=1S/C9H11F2NO/c1-6(12)5-13-9-3-2-7(10)4-8(9)11/h2-4,6H,5,12H2,1H3/t6-/m0/s1. The zero-order valence-electron chi connectivity index (χ0n) is 7.26. The van der Waals surface area contributed by atoms with Crippen LogP contribution in [-0.4, -0.2) is 12.6 Å². The third-order valence-electron chi connectivity index (χ3n) is 1.40. The van der Waals surface area contributed by atoms with Crippen LogP contribution in [-0.2, 0) is 0 Å². The fraction of sp³-hybridized carbons (Fsp3) is 0.333. The van der Waals surface area contributed by atoms with Crippen LogP contribution >= 0.6 is 0 Å². The fourth-order valence-electron chi connectivity index (χ4n) is 0.813. The highest BCUT2D eigenvalue weighted by atomic mass is 19.1. The van der Waals surface area contributed by atoms with Gasteiger partial charge in [-0.1, -0.05) is 0 Å². The molecule has 0 aromatic heterocycles. The summed E-state index contributed by atoms with van der Waals surface area (Å²) in [6.45, 7) is 1.95. The maximum absolute atomic E-state index is 12.9. The summed E-state index contributed by atoms with van der Waals surface area (Å²) in [5, 5.41) is 0. The molecule has 0 radical (unpaired) electrons. The van der Waals surface area contributed by atoms with Gasteiger partial charge in [0.2, 0.25) is 0 Å². The smallest absolute Gasteiger partial charge is 0.167 e. The van der Waals surface area contributed by atoms with Gasteiger partial charge in [-0.15, -0.1) is 0 Å². The molecule has 0 aliphatic rings. The predicted molar refractivity (Wildman–Crippen MR) is 45.5 cm³/mol. The average Bonchev–Trinajstić information content (AvgIpc) is 2.02. The molecule has 0 saturated heterocycles. The molecular formula is C9H11F2NO. The molecule has 0 heterocycles. The second kappa shape index (κ2) is 4.18. The first-order valence-corrected chi connectivity index (χ1v) is 3.93. The summed E-state index contributed by atoms with van der Waals surface area (Å²) < 4.78 is 30.3. The normalized spacial score (nSPS) is 12.6. The summed E-state index contributed by atoms with van der Waals surface area (Å²) in [5.74, 6) is -1.30. The van der Waals surface area contributed by atoms with Gasteiger partial charge in [-0.3, -0.25) is 0 Å². The Morgan fingerprint density at radius 2 is 2.15 bits per heavy atom. The number of halogens is 2. The van der Waals surface area contributed by atoms with E-state index in [0.717, 1.165) is 12.1 Å². The predicted octanol–water partition coefficient (Wildman–Crippen LogP) is 1.69. The minimum absolute atomic E-state index is 0.0266. The lowest BCUT2D eigenvalue weighted by molar-refractivity contribution is 0.281. The summed E-state index contributed by atoms with van der Waals surface area (Å²) in [4.78, 5) is 0. The van der Waals surface area contributed by atoms with E-state index in [1.54, 1.807) is 6.92 Å². The monoisotopic (exact) mass is 187 g/mol. The number of rotatable bonds is 3. The molecule has 0 bridgehead atoms. The van der Waals surface area contributed by atoms with Crippen LogP contribution < -0.4 is 10.5 Å². The quantitative estimate of drug-likeness (QED) is 0.781. The van der Waals surface area contributed by atoms with E-state index in [2.05, 4.69) is 0 Å². The Morgan fingerprint density at radius 3 is 2.69 bits per heavy atom. The van der Waals surface area contributed by atoms with E-state index in [1.807, 2.05) is 0 Å². The largest absolute Gasteiger partial charge is 0.489 e. The van der Waals surface area contributed by atoms with E-state index in [4.69, 9.17) is 10.5 Å². The average molecular weight is 187 g/mol. The fourth-order valence-corrected chi connectivity index (χ4v) is 0.813. The van der Waals surface area contributed by atoms with Crippen molar-refractivity contribution < 1.29 is 13.5 Å². The number of ether oxygens (including phenoxy) is 1. The molecule has 0 spiro atoms. The van der Waals surface area contributed by atoms with Crippen LogP contribution in [0, 0.1) is 11.6 Å². The van der Waals surface area contributed by atoms with Gasteiger partial charge in [-0.05, 0) is 19.1 Å². The number of hydrogen-bond donors (Lipinski definition) is 1. The second-order valence-electron chi connectivity index (χ2n) is 2.86. The van der Waals surface area contributed by atoms with Crippen molar-refractivity contribution in [3.05, 3.63) is 29.8 Å². The first-order valence-electron chi connectivity index (χ1n) is 3.93. The number of nitrogens with two attached hydrogens (primary N) is 1. The molecule has 0 amide bonds. The maximum atomic E-state index is 12.9. The SMILES string of the molecule is C[C@H](N)COc1ccc(F)cc1F. The third-order valence-corrected chi connectivity index (χ3v) is 1.40. The van der Waals surface area contributed by atoms with Crippen molar-refractivity contribution in [3.8, 4) is 5.75 Å². The Hall–Kier alpha value is -1.16. The van der Waals surface area contributed by atoms with Gasteiger partial charge in [-0.25, -0.2) is 8.78 Å². The van der Waals surface area contributed by atoms with Crippen molar-refractivity contribution >= 4 is 0 Å². The van der Waals surface area contributed by atoms with Gasteiger partial charge in [0.05, 0.1) is 0 Å². The topological polar surface area (TPSA) is 35.2 Å². The van der Waals surface area contributed by atoms with Crippen molar-refractivity contribution in [1.82, 2.24) is 0 Å². The molecular weight excluding hydrogens is 176 g/mol. The van der Waals surface area contributed by atoms with Crippen LogP contribution in [0.15, 0.2) is 18.2 Å². The lowest BCUT2D eigenvalue weighted by Gasteiger charge is -2.08. The van der Waals surface area contributed by atoms with E-state index < -0.39 is 11.6 Å². The highest BCUT2D eigenvalue weighted by Gasteiger charge is 2.05. The van der Waals surface area contributed by atoms with Crippen LogP contribution in [0.3, 0.4) is 0 Å². The van der Waals surface area contributed by atoms with Crippen LogP contribution in [0.25, 0.3) is 0 Å². The minimum atomic E-state index is -0.708. The zero-order chi connectivity index (χ0) is 9.84. The Kier molecular flexibility index (Phi) is 3.19. The van der Waals surface area contributed by atoms with Crippen LogP contribution in [0.2, 0.25) is 0 Å². The van der Waals surface area contributed by atoms with E-state index in [0.29, 0.717) is 0 Å². The highest BCUT2D eigenvalue weighted by Crippen LogP contribution is 2.17. The highest BCUT2D eigenvalue weighted by molar-refractivity contribution is 5.24. The number of hydrogen-bond acceptors (Lipinski definition) is 2. The molecule has 4 heteroatoms. The van der Waals surface area contributed by atoms with Crippen molar-refractivity contribution in [3.63, 3.8) is 0 Å². The molecule has 0 saturated carbocycles. The Morgan fingerprint density at radius 1 is 1.46 bits per heavy atom. The van der Waals surface area contributed by atoms with Crippen LogP contribution in [0.4, 0.5) is 8.78 Å². The second-order valence-corrected chi connectivity index (χ2v) is 2.86. The Labute approximate surface area is 75.3 Å². The molecule has 1 aromatic rings. The maximum Gasteiger partial charge on any atom is 0.167 e. The van der Waals surface area contributed by atoms with Gasteiger partial charge in [0.25, 0.3) is 0 Å². The van der Waals surface area contributed by atoms with Crippen molar-refractivity contribution in [2.75, 3.05) is 6.61 Å². The van der Waals surface area contributed by atoms with Gasteiger partial charge in [0, 0.05) is 12.1 Å². The van der Waals surface area contributed by atoms with Gasteiger partial charge in [0.1, 0.15) is 12.4 Å². The lowest BCUT2D eigenvalue weighted by atomic mass is 10.3. The van der Waals surface area contributed by atoms with Crippen molar-refractivity contribution in [2.45, 2.75) is 13.0 Å². The molecule has 0 aliphatic carbocycles. The van der Waals surface area contributed by atoms with Crippen LogP contribution in [0.5, 0.6) is 5.75 Å². The van der Waals surface area contributed by atoms with E-state index in [9.17, 15) is 8.78 Å². The summed E-state index contributed by atoms with van der Waals surface area (Å²) >= 11 is 0. The minimum Gasteiger partial charge on any atom is -0.489 e. The first-order chi connectivity index (χ1) is 6.09.